The first-order chi connectivity index (χ1) is 6.75. The normalized spacial score (nSPS) is 16.7. The van der Waals surface area contributed by atoms with Crippen molar-refractivity contribution in [1.29, 1.82) is 0 Å². The molecule has 0 atom stereocenters. The summed E-state index contributed by atoms with van der Waals surface area (Å²) < 4.78 is 13.9. The third-order valence-electron chi connectivity index (χ3n) is 2.23. The largest absolute Gasteiger partial charge is 0.308 e. The van der Waals surface area contributed by atoms with Crippen LogP contribution in [-0.4, -0.2) is 17.5 Å². The molecule has 1 heterocycles. The van der Waals surface area contributed by atoms with E-state index in [1.807, 2.05) is 11.8 Å². The topological polar surface area (TPSA) is 12.0 Å². The molecule has 0 unspecified atom stereocenters. The van der Waals surface area contributed by atoms with Gasteiger partial charge in [0.15, 0.2) is 0 Å². The van der Waals surface area contributed by atoms with Gasteiger partial charge in [0.2, 0.25) is 0 Å². The number of nitrogens with one attached hydrogen (secondary N) is 1. The zero-order chi connectivity index (χ0) is 9.97. The molecule has 1 aliphatic heterocycles. The fourth-order valence-corrected chi connectivity index (χ4v) is 2.38. The van der Waals surface area contributed by atoms with Crippen molar-refractivity contribution in [2.24, 2.45) is 0 Å². The lowest BCUT2D eigenvalue weighted by Gasteiger charge is -2.26. The Morgan fingerprint density at radius 3 is 2.93 bits per heavy atom. The molecule has 1 aliphatic rings. The highest BCUT2D eigenvalue weighted by Crippen LogP contribution is 2.20. The molecular formula is C10H11BrFNS. The molecule has 0 radical (unpaired) electrons. The maximum absolute atomic E-state index is 12.9. The van der Waals surface area contributed by atoms with Crippen LogP contribution in [0.1, 0.15) is 5.56 Å². The molecule has 0 aromatic heterocycles. The molecule has 76 valence electrons. The average molecular weight is 276 g/mol. The minimum atomic E-state index is -0.173. The van der Waals surface area contributed by atoms with Gasteiger partial charge in [0.05, 0.1) is 0 Å². The van der Waals surface area contributed by atoms with Crippen LogP contribution < -0.4 is 5.32 Å². The number of halogens is 2. The van der Waals surface area contributed by atoms with Crippen LogP contribution in [0.5, 0.6) is 0 Å². The summed E-state index contributed by atoms with van der Waals surface area (Å²) in [6, 6.07) is 5.40. The zero-order valence-electron chi connectivity index (χ0n) is 7.59. The van der Waals surface area contributed by atoms with E-state index >= 15 is 0 Å². The lowest BCUT2D eigenvalue weighted by atomic mass is 10.2. The Balaban J connectivity index is 1.96. The van der Waals surface area contributed by atoms with Gasteiger partial charge in [-0.15, -0.1) is 0 Å². The summed E-state index contributed by atoms with van der Waals surface area (Å²) in [5, 5.41) is 3.39. The summed E-state index contributed by atoms with van der Waals surface area (Å²) in [4.78, 5) is 0. The maximum Gasteiger partial charge on any atom is 0.123 e. The molecule has 0 spiro atoms. The Morgan fingerprint density at radius 2 is 2.29 bits per heavy atom. The zero-order valence-corrected chi connectivity index (χ0v) is 10.00. The molecule has 1 aromatic carbocycles. The molecule has 0 aliphatic carbocycles. The Bertz CT molecular complexity index is 328. The Labute approximate surface area is 95.6 Å². The van der Waals surface area contributed by atoms with Crippen LogP contribution in [0, 0.1) is 5.82 Å². The van der Waals surface area contributed by atoms with Gasteiger partial charge in [-0.05, 0) is 23.8 Å². The van der Waals surface area contributed by atoms with Crippen LogP contribution in [0.4, 0.5) is 4.39 Å². The summed E-state index contributed by atoms with van der Waals surface area (Å²) >= 11 is 5.35. The van der Waals surface area contributed by atoms with Gasteiger partial charge in [-0.1, -0.05) is 15.9 Å². The Kier molecular flexibility index (Phi) is 3.47. The first kappa shape index (κ1) is 10.5. The van der Waals surface area contributed by atoms with Crippen molar-refractivity contribution in [1.82, 2.24) is 5.32 Å². The van der Waals surface area contributed by atoms with E-state index < -0.39 is 0 Å². The summed E-state index contributed by atoms with van der Waals surface area (Å²) in [7, 11) is 0. The van der Waals surface area contributed by atoms with Gasteiger partial charge >= 0.3 is 0 Å². The quantitative estimate of drug-likeness (QED) is 0.911. The number of rotatable bonds is 3. The van der Waals surface area contributed by atoms with Crippen LogP contribution in [0.2, 0.25) is 0 Å². The van der Waals surface area contributed by atoms with Gasteiger partial charge in [-0.3, -0.25) is 0 Å². The summed E-state index contributed by atoms with van der Waals surface area (Å²) in [5.74, 6) is 2.17. The second kappa shape index (κ2) is 4.64. The molecule has 0 amide bonds. The van der Waals surface area contributed by atoms with Crippen LogP contribution in [-0.2, 0) is 6.54 Å². The SMILES string of the molecule is Fc1ccc(Br)c(CNC2CSC2)c1. The van der Waals surface area contributed by atoms with Crippen LogP contribution in [0.3, 0.4) is 0 Å². The van der Waals surface area contributed by atoms with E-state index in [0.717, 1.165) is 16.6 Å². The van der Waals surface area contributed by atoms with Crippen LogP contribution in [0.15, 0.2) is 22.7 Å². The number of hydrogen-bond acceptors (Lipinski definition) is 2. The lowest BCUT2D eigenvalue weighted by Crippen LogP contribution is -2.39. The first-order valence-electron chi connectivity index (χ1n) is 4.51. The second-order valence-corrected chi connectivity index (χ2v) is 5.28. The van der Waals surface area contributed by atoms with Crippen LogP contribution >= 0.6 is 27.7 Å². The molecule has 4 heteroatoms. The van der Waals surface area contributed by atoms with Crippen molar-refractivity contribution in [3.8, 4) is 0 Å². The van der Waals surface area contributed by atoms with Gasteiger partial charge in [-0.2, -0.15) is 11.8 Å². The predicted molar refractivity (Wildman–Crippen MR) is 62.1 cm³/mol. The van der Waals surface area contributed by atoms with Crippen molar-refractivity contribution in [3.63, 3.8) is 0 Å². The van der Waals surface area contributed by atoms with E-state index in [1.165, 1.54) is 17.6 Å². The van der Waals surface area contributed by atoms with Gasteiger partial charge < -0.3 is 5.32 Å². The molecule has 2 rings (SSSR count). The summed E-state index contributed by atoms with van der Waals surface area (Å²) in [6.45, 7) is 0.740. The molecule has 14 heavy (non-hydrogen) atoms. The Hall–Kier alpha value is -0.0600. The number of hydrogen-bond donors (Lipinski definition) is 1. The maximum atomic E-state index is 12.9. The molecule has 1 fully saturated rings. The molecule has 1 nitrogen and oxygen atoms in total. The van der Waals surface area contributed by atoms with Crippen molar-refractivity contribution < 1.29 is 4.39 Å². The smallest absolute Gasteiger partial charge is 0.123 e. The molecule has 1 saturated heterocycles. The summed E-state index contributed by atoms with van der Waals surface area (Å²) in [5.41, 5.74) is 0.988. The lowest BCUT2D eigenvalue weighted by molar-refractivity contribution is 0.575. The van der Waals surface area contributed by atoms with E-state index in [9.17, 15) is 4.39 Å². The highest BCUT2D eigenvalue weighted by Gasteiger charge is 2.17. The highest BCUT2D eigenvalue weighted by atomic mass is 79.9. The standard InChI is InChI=1S/C10H11BrFNS/c11-10-2-1-8(12)3-7(10)4-13-9-5-14-6-9/h1-3,9,13H,4-6H2. The molecule has 0 saturated carbocycles. The van der Waals surface area contributed by atoms with Crippen molar-refractivity contribution in [2.75, 3.05) is 11.5 Å². The third kappa shape index (κ3) is 2.49. The van der Waals surface area contributed by atoms with E-state index in [-0.39, 0.29) is 5.82 Å². The van der Waals surface area contributed by atoms with Crippen molar-refractivity contribution >= 4 is 27.7 Å². The van der Waals surface area contributed by atoms with Gasteiger partial charge in [-0.25, -0.2) is 4.39 Å². The molecule has 1 aromatic rings. The highest BCUT2D eigenvalue weighted by molar-refractivity contribution is 9.10. The van der Waals surface area contributed by atoms with E-state index in [1.54, 1.807) is 12.1 Å². The minimum Gasteiger partial charge on any atom is -0.308 e. The average Bonchev–Trinajstić information content (AvgIpc) is 2.08. The summed E-state index contributed by atoms with van der Waals surface area (Å²) in [6.07, 6.45) is 0. The van der Waals surface area contributed by atoms with E-state index in [0.29, 0.717) is 6.04 Å². The van der Waals surface area contributed by atoms with Gasteiger partial charge in [0, 0.05) is 28.6 Å². The van der Waals surface area contributed by atoms with Gasteiger partial charge in [0.1, 0.15) is 5.82 Å². The van der Waals surface area contributed by atoms with Gasteiger partial charge in [0.25, 0.3) is 0 Å². The third-order valence-corrected chi connectivity index (χ3v) is 4.28. The monoisotopic (exact) mass is 275 g/mol. The van der Waals surface area contributed by atoms with Crippen molar-refractivity contribution in [3.05, 3.63) is 34.1 Å². The van der Waals surface area contributed by atoms with E-state index in [4.69, 9.17) is 0 Å². The molecule has 0 bridgehead atoms. The fraction of sp³-hybridized carbons (Fsp3) is 0.400. The van der Waals surface area contributed by atoms with Crippen LogP contribution in [0.25, 0.3) is 0 Å². The van der Waals surface area contributed by atoms with E-state index in [2.05, 4.69) is 21.2 Å². The predicted octanol–water partition coefficient (Wildman–Crippen LogP) is 2.79. The minimum absolute atomic E-state index is 0.173. The number of thioether (sulfide) groups is 1. The van der Waals surface area contributed by atoms with Crippen molar-refractivity contribution in [2.45, 2.75) is 12.6 Å². The number of benzene rings is 1. The first-order valence-corrected chi connectivity index (χ1v) is 6.45. The molecule has 1 N–H and O–H groups in total. The fourth-order valence-electron chi connectivity index (χ4n) is 1.29. The second-order valence-electron chi connectivity index (χ2n) is 3.35. The molecular weight excluding hydrogens is 265 g/mol. The Morgan fingerprint density at radius 1 is 1.50 bits per heavy atom.